The van der Waals surface area contributed by atoms with Gasteiger partial charge in [-0.2, -0.15) is 12.6 Å². The zero-order valence-corrected chi connectivity index (χ0v) is 22.5. The molecule has 2 heterocycles. The highest BCUT2D eigenvalue weighted by Crippen LogP contribution is 2.44. The Morgan fingerprint density at radius 2 is 1.62 bits per heavy atom. The first-order chi connectivity index (χ1) is 17.9. The molecular formula is C27H29N3O6S. The summed E-state index contributed by atoms with van der Waals surface area (Å²) in [5.41, 5.74) is 2.55. The summed E-state index contributed by atoms with van der Waals surface area (Å²) >= 11 is 4.87. The normalized spacial score (nSPS) is 11.8. The number of pyridine rings is 1. The number of benzene rings is 2. The Bertz CT molecular complexity index is 1450. The molecule has 0 fully saturated rings. The van der Waals surface area contributed by atoms with Crippen LogP contribution < -0.4 is 18.9 Å². The summed E-state index contributed by atoms with van der Waals surface area (Å²) in [4.78, 5) is 22.9. The van der Waals surface area contributed by atoms with E-state index in [1.165, 1.54) is 0 Å². The lowest BCUT2D eigenvalue weighted by atomic mass is 9.92. The number of hydrogen-bond acceptors (Lipinski definition) is 9. The Morgan fingerprint density at radius 1 is 0.973 bits per heavy atom. The summed E-state index contributed by atoms with van der Waals surface area (Å²) < 4.78 is 29.5. The zero-order valence-electron chi connectivity index (χ0n) is 21.6. The van der Waals surface area contributed by atoms with Gasteiger partial charge in [0, 0.05) is 36.5 Å². The van der Waals surface area contributed by atoms with Crippen molar-refractivity contribution in [2.24, 2.45) is 7.05 Å². The second-order valence-corrected chi connectivity index (χ2v) is 8.58. The van der Waals surface area contributed by atoms with Crippen molar-refractivity contribution in [3.63, 3.8) is 0 Å². The Morgan fingerprint density at radius 3 is 2.22 bits per heavy atom. The number of thiol groups is 1. The van der Waals surface area contributed by atoms with Crippen LogP contribution in [0.2, 0.25) is 0 Å². The van der Waals surface area contributed by atoms with Gasteiger partial charge >= 0.3 is 5.97 Å². The van der Waals surface area contributed by atoms with Crippen LogP contribution in [0.5, 0.6) is 23.0 Å². The molecule has 1 atom stereocenters. The van der Waals surface area contributed by atoms with E-state index < -0.39 is 11.2 Å². The van der Waals surface area contributed by atoms with Crippen LogP contribution in [0.15, 0.2) is 42.7 Å². The summed E-state index contributed by atoms with van der Waals surface area (Å²) in [5.74, 6) is 2.16. The van der Waals surface area contributed by atoms with Crippen molar-refractivity contribution in [2.45, 2.75) is 12.2 Å². The first-order valence-corrected chi connectivity index (χ1v) is 12.0. The van der Waals surface area contributed by atoms with Gasteiger partial charge in [0.05, 0.1) is 51.8 Å². The number of nitrogens with zero attached hydrogens (tertiary/aromatic N) is 3. The van der Waals surface area contributed by atoms with Gasteiger partial charge in [0.1, 0.15) is 11.1 Å². The van der Waals surface area contributed by atoms with Crippen molar-refractivity contribution in [2.75, 3.05) is 35.0 Å². The van der Waals surface area contributed by atoms with E-state index in [9.17, 15) is 4.79 Å². The van der Waals surface area contributed by atoms with Crippen molar-refractivity contribution in [1.29, 1.82) is 0 Å². The molecule has 0 saturated carbocycles. The summed E-state index contributed by atoms with van der Waals surface area (Å²) in [6.45, 7) is 1.94. The van der Waals surface area contributed by atoms with Crippen LogP contribution in [0.1, 0.15) is 34.0 Å². The Labute approximate surface area is 220 Å². The molecule has 10 heteroatoms. The van der Waals surface area contributed by atoms with Gasteiger partial charge in [-0.05, 0) is 30.7 Å². The van der Waals surface area contributed by atoms with Crippen LogP contribution in [-0.2, 0) is 11.8 Å². The zero-order chi connectivity index (χ0) is 26.7. The molecule has 0 radical (unpaired) electrons. The molecule has 194 valence electrons. The first kappa shape index (κ1) is 26.2. The molecule has 0 N–H and O–H groups in total. The Balaban J connectivity index is 2.17. The molecule has 9 nitrogen and oxygen atoms in total. The number of esters is 1. The minimum absolute atomic E-state index is 0.188. The van der Waals surface area contributed by atoms with Crippen molar-refractivity contribution >= 4 is 29.5 Å². The highest BCUT2D eigenvalue weighted by Gasteiger charge is 2.30. The van der Waals surface area contributed by atoms with E-state index in [1.807, 2.05) is 29.9 Å². The molecule has 4 aromatic rings. The second-order valence-electron chi connectivity index (χ2n) is 8.06. The number of methoxy groups -OCH3 is 4. The van der Waals surface area contributed by atoms with Gasteiger partial charge in [0.15, 0.2) is 23.0 Å². The number of aryl methyl sites for hydroxylation is 1. The van der Waals surface area contributed by atoms with Crippen LogP contribution in [0.25, 0.3) is 22.0 Å². The molecule has 1 unspecified atom stereocenters. The van der Waals surface area contributed by atoms with E-state index in [1.54, 1.807) is 59.8 Å². The van der Waals surface area contributed by atoms with Gasteiger partial charge in [-0.15, -0.1) is 0 Å². The SMILES string of the molecule is CCOC(=O)c1c(C(S)c2nccn2C)nc2cc(OC)c(OC)cc2c1-c1ccc(OC)c(OC)c1. The lowest BCUT2D eigenvalue weighted by molar-refractivity contribution is 0.0525. The lowest BCUT2D eigenvalue weighted by Gasteiger charge is -2.21. The monoisotopic (exact) mass is 523 g/mol. The third kappa shape index (κ3) is 4.76. The van der Waals surface area contributed by atoms with Crippen molar-refractivity contribution < 1.29 is 28.5 Å². The quantitative estimate of drug-likeness (QED) is 0.245. The highest BCUT2D eigenvalue weighted by atomic mass is 32.1. The van der Waals surface area contributed by atoms with Crippen LogP contribution in [-0.4, -0.2) is 55.6 Å². The number of aromatic nitrogens is 3. The second kappa shape index (κ2) is 11.0. The van der Waals surface area contributed by atoms with Gasteiger partial charge in [-0.3, -0.25) is 4.98 Å². The lowest BCUT2D eigenvalue weighted by Crippen LogP contribution is -2.16. The van der Waals surface area contributed by atoms with Crippen LogP contribution in [0.4, 0.5) is 0 Å². The molecule has 2 aromatic carbocycles. The van der Waals surface area contributed by atoms with E-state index in [0.29, 0.717) is 56.5 Å². The number of hydrogen-bond donors (Lipinski definition) is 1. The molecular weight excluding hydrogens is 494 g/mol. The van der Waals surface area contributed by atoms with E-state index in [0.717, 1.165) is 0 Å². The molecule has 0 spiro atoms. The van der Waals surface area contributed by atoms with Gasteiger partial charge in [0.2, 0.25) is 0 Å². The Hall–Kier alpha value is -3.92. The average molecular weight is 524 g/mol. The molecule has 0 aliphatic heterocycles. The fraction of sp³-hybridized carbons (Fsp3) is 0.296. The predicted octanol–water partition coefficient (Wildman–Crippen LogP) is 4.87. The third-order valence-electron chi connectivity index (χ3n) is 6.03. The molecule has 37 heavy (non-hydrogen) atoms. The summed E-state index contributed by atoms with van der Waals surface area (Å²) in [5, 5.41) is 0.0350. The fourth-order valence-corrected chi connectivity index (χ4v) is 4.71. The van der Waals surface area contributed by atoms with E-state index in [2.05, 4.69) is 4.98 Å². The van der Waals surface area contributed by atoms with Gasteiger partial charge in [0.25, 0.3) is 0 Å². The van der Waals surface area contributed by atoms with E-state index in [-0.39, 0.29) is 12.2 Å². The number of rotatable bonds is 9. The van der Waals surface area contributed by atoms with E-state index in [4.69, 9.17) is 41.3 Å². The summed E-state index contributed by atoms with van der Waals surface area (Å²) in [6, 6.07) is 9.02. The number of fused-ring (bicyclic) bond motifs is 1. The predicted molar refractivity (Wildman–Crippen MR) is 143 cm³/mol. The molecule has 2 aromatic heterocycles. The van der Waals surface area contributed by atoms with Crippen LogP contribution in [0.3, 0.4) is 0 Å². The van der Waals surface area contributed by atoms with E-state index >= 15 is 0 Å². The minimum atomic E-state index is -0.629. The topological polar surface area (TPSA) is 93.9 Å². The third-order valence-corrected chi connectivity index (χ3v) is 6.51. The van der Waals surface area contributed by atoms with Gasteiger partial charge in [-0.25, -0.2) is 9.78 Å². The maximum atomic E-state index is 13.6. The Kier molecular flexibility index (Phi) is 7.77. The molecule has 0 aliphatic rings. The summed E-state index contributed by atoms with van der Waals surface area (Å²) in [6.07, 6.45) is 3.49. The van der Waals surface area contributed by atoms with Gasteiger partial charge < -0.3 is 28.3 Å². The minimum Gasteiger partial charge on any atom is -0.493 e. The molecule has 0 bridgehead atoms. The molecule has 0 saturated heterocycles. The molecule has 4 rings (SSSR count). The number of ether oxygens (including phenoxy) is 5. The number of carbonyl (C=O) groups is 1. The average Bonchev–Trinajstić information content (AvgIpc) is 3.35. The van der Waals surface area contributed by atoms with Crippen molar-refractivity contribution in [3.8, 4) is 34.1 Å². The largest absolute Gasteiger partial charge is 0.493 e. The van der Waals surface area contributed by atoms with Crippen molar-refractivity contribution in [3.05, 3.63) is 59.8 Å². The smallest absolute Gasteiger partial charge is 0.340 e. The maximum absolute atomic E-state index is 13.6. The number of carbonyl (C=O) groups excluding carboxylic acids is 1. The first-order valence-electron chi connectivity index (χ1n) is 11.5. The van der Waals surface area contributed by atoms with Crippen LogP contribution in [0, 0.1) is 0 Å². The summed E-state index contributed by atoms with van der Waals surface area (Å²) in [7, 11) is 8.10. The van der Waals surface area contributed by atoms with Crippen molar-refractivity contribution in [1.82, 2.24) is 14.5 Å². The standard InChI is InChI=1S/C27H29N3O6S/c1-7-36-27(31)23-22(15-8-9-18(32-3)19(12-15)33-4)16-13-20(34-5)21(35-6)14-17(16)29-24(23)25(37)26-28-10-11-30(26)2/h8-14,25,37H,7H2,1-6H3. The van der Waals surface area contributed by atoms with Gasteiger partial charge in [-0.1, -0.05) is 6.07 Å². The number of imidazole rings is 1. The highest BCUT2D eigenvalue weighted by molar-refractivity contribution is 7.80. The maximum Gasteiger partial charge on any atom is 0.340 e. The van der Waals surface area contributed by atoms with Crippen LogP contribution >= 0.6 is 12.6 Å². The fourth-order valence-electron chi connectivity index (χ4n) is 4.27. The molecule has 0 amide bonds. The molecule has 0 aliphatic carbocycles.